The van der Waals surface area contributed by atoms with Crippen molar-refractivity contribution in [2.75, 3.05) is 0 Å². The largest absolute Gasteiger partial charge is 0.258 e. The van der Waals surface area contributed by atoms with Gasteiger partial charge >= 0.3 is 0 Å². The first-order valence-electron chi connectivity index (χ1n) is 6.84. The van der Waals surface area contributed by atoms with Gasteiger partial charge in [-0.2, -0.15) is 0 Å². The average Bonchev–Trinajstić information content (AvgIpc) is 2.95. The first kappa shape index (κ1) is 15.6. The number of rotatable bonds is 4. The first-order valence-corrected chi connectivity index (χ1v) is 7.72. The molecule has 118 valence electrons. The van der Waals surface area contributed by atoms with Crippen molar-refractivity contribution in [1.82, 2.24) is 15.2 Å². The molecule has 2 aromatic carbocycles. The summed E-state index contributed by atoms with van der Waals surface area (Å²) in [7, 11) is 0. The normalized spacial score (nSPS) is 12.3. The van der Waals surface area contributed by atoms with E-state index < -0.39 is 22.7 Å². The van der Waals surface area contributed by atoms with E-state index in [4.69, 9.17) is 0 Å². The fourth-order valence-corrected chi connectivity index (χ4v) is 3.09. The van der Waals surface area contributed by atoms with Crippen molar-refractivity contribution in [3.05, 3.63) is 65.5 Å². The van der Waals surface area contributed by atoms with Crippen LogP contribution in [0.15, 0.2) is 47.6 Å². The second kappa shape index (κ2) is 6.45. The number of H-pyrrole nitrogens is 1. The summed E-state index contributed by atoms with van der Waals surface area (Å²) in [6, 6.07) is 9.89. The molecular formula is C16H12F3N3S. The third-order valence-corrected chi connectivity index (χ3v) is 4.26. The molecule has 0 bridgehead atoms. The van der Waals surface area contributed by atoms with Crippen LogP contribution in [-0.4, -0.2) is 15.2 Å². The minimum Gasteiger partial charge on any atom is -0.258 e. The fourth-order valence-electron chi connectivity index (χ4n) is 2.19. The molecule has 3 rings (SSSR count). The Balaban J connectivity index is 1.83. The van der Waals surface area contributed by atoms with Crippen LogP contribution in [0.4, 0.5) is 13.2 Å². The Hall–Kier alpha value is -2.28. The molecule has 3 nitrogen and oxygen atoms in total. The lowest BCUT2D eigenvalue weighted by Crippen LogP contribution is -1.98. The number of nitrogens with zero attached hydrogens (tertiary/aromatic N) is 2. The molecule has 0 aliphatic rings. The number of benzene rings is 2. The fraction of sp³-hybridized carbons (Fsp3) is 0.125. The molecule has 3 aromatic rings. The molecule has 1 atom stereocenters. The zero-order chi connectivity index (χ0) is 16.4. The summed E-state index contributed by atoms with van der Waals surface area (Å²) in [5.74, 6) is -1.38. The van der Waals surface area contributed by atoms with Crippen LogP contribution in [0.25, 0.3) is 11.4 Å². The molecule has 0 spiro atoms. The lowest BCUT2D eigenvalue weighted by atomic mass is 10.1. The maximum Gasteiger partial charge on any atom is 0.209 e. The van der Waals surface area contributed by atoms with Gasteiger partial charge in [-0.1, -0.05) is 30.0 Å². The molecule has 7 heteroatoms. The molecule has 0 radical (unpaired) electrons. The Morgan fingerprint density at radius 2 is 1.61 bits per heavy atom. The highest BCUT2D eigenvalue weighted by Gasteiger charge is 2.19. The number of thioether (sulfide) groups is 1. The van der Waals surface area contributed by atoms with Crippen molar-refractivity contribution in [2.45, 2.75) is 17.3 Å². The molecule has 0 saturated carbocycles. The predicted octanol–water partition coefficient (Wildman–Crippen LogP) is 4.74. The molecule has 1 heterocycles. The van der Waals surface area contributed by atoms with Crippen LogP contribution < -0.4 is 0 Å². The van der Waals surface area contributed by atoms with Gasteiger partial charge < -0.3 is 0 Å². The Labute approximate surface area is 135 Å². The number of hydrogen-bond acceptors (Lipinski definition) is 3. The lowest BCUT2D eigenvalue weighted by molar-refractivity contribution is 0.557. The van der Waals surface area contributed by atoms with Crippen LogP contribution in [0.1, 0.15) is 17.7 Å². The van der Waals surface area contributed by atoms with Gasteiger partial charge in [0, 0.05) is 10.8 Å². The summed E-state index contributed by atoms with van der Waals surface area (Å²) >= 11 is 1.09. The van der Waals surface area contributed by atoms with Crippen molar-refractivity contribution >= 4 is 11.8 Å². The second-order valence-electron chi connectivity index (χ2n) is 4.84. The van der Waals surface area contributed by atoms with Gasteiger partial charge in [0.1, 0.15) is 17.5 Å². The van der Waals surface area contributed by atoms with Crippen LogP contribution in [0.3, 0.4) is 0 Å². The molecule has 0 fully saturated rings. The highest BCUT2D eigenvalue weighted by Crippen LogP contribution is 2.36. The molecule has 0 amide bonds. The zero-order valence-electron chi connectivity index (χ0n) is 12.1. The summed E-state index contributed by atoms with van der Waals surface area (Å²) in [5, 5.41) is 6.38. The van der Waals surface area contributed by atoms with Crippen LogP contribution in [0.5, 0.6) is 0 Å². The molecule has 1 unspecified atom stereocenters. The van der Waals surface area contributed by atoms with Crippen LogP contribution in [0, 0.1) is 17.5 Å². The van der Waals surface area contributed by atoms with Crippen molar-refractivity contribution in [3.8, 4) is 11.4 Å². The summed E-state index contributed by atoms with van der Waals surface area (Å²) < 4.78 is 41.3. The predicted molar refractivity (Wildman–Crippen MR) is 82.4 cm³/mol. The van der Waals surface area contributed by atoms with E-state index in [1.807, 2.05) is 0 Å². The molecular weight excluding hydrogens is 323 g/mol. The number of aromatic nitrogens is 3. The van der Waals surface area contributed by atoms with E-state index in [1.54, 1.807) is 25.1 Å². The van der Waals surface area contributed by atoms with E-state index in [1.165, 1.54) is 24.3 Å². The summed E-state index contributed by atoms with van der Waals surface area (Å²) in [6.07, 6.45) is 0. The molecule has 1 aromatic heterocycles. The van der Waals surface area contributed by atoms with Crippen LogP contribution in [-0.2, 0) is 0 Å². The van der Waals surface area contributed by atoms with Crippen molar-refractivity contribution < 1.29 is 13.2 Å². The van der Waals surface area contributed by atoms with Gasteiger partial charge in [0.05, 0.1) is 5.56 Å². The molecule has 0 saturated heterocycles. The van der Waals surface area contributed by atoms with Crippen molar-refractivity contribution in [2.24, 2.45) is 0 Å². The number of aromatic amines is 1. The van der Waals surface area contributed by atoms with Gasteiger partial charge in [-0.15, -0.1) is 5.10 Å². The quantitative estimate of drug-likeness (QED) is 0.700. The summed E-state index contributed by atoms with van der Waals surface area (Å²) in [6.45, 7) is 1.66. The van der Waals surface area contributed by atoms with Crippen molar-refractivity contribution in [3.63, 3.8) is 0 Å². The lowest BCUT2D eigenvalue weighted by Gasteiger charge is -2.11. The number of halogens is 3. The maximum absolute atomic E-state index is 13.8. The Bertz CT molecular complexity index is 815. The number of nitrogens with one attached hydrogen (secondary N) is 1. The van der Waals surface area contributed by atoms with Gasteiger partial charge in [0.15, 0.2) is 5.82 Å². The molecule has 0 aliphatic heterocycles. The molecule has 1 N–H and O–H groups in total. The highest BCUT2D eigenvalue weighted by molar-refractivity contribution is 7.99. The maximum atomic E-state index is 13.8. The van der Waals surface area contributed by atoms with E-state index in [2.05, 4.69) is 15.2 Å². The third kappa shape index (κ3) is 3.24. The van der Waals surface area contributed by atoms with Crippen LogP contribution in [0.2, 0.25) is 0 Å². The van der Waals surface area contributed by atoms with Gasteiger partial charge in [0.2, 0.25) is 5.16 Å². The molecule has 0 aliphatic carbocycles. The summed E-state index contributed by atoms with van der Waals surface area (Å²) in [5.41, 5.74) is 0.256. The van der Waals surface area contributed by atoms with E-state index in [0.717, 1.165) is 11.8 Å². The number of hydrogen-bond donors (Lipinski definition) is 1. The van der Waals surface area contributed by atoms with E-state index in [9.17, 15) is 13.2 Å². The van der Waals surface area contributed by atoms with Gasteiger partial charge in [-0.3, -0.25) is 5.10 Å². The third-order valence-electron chi connectivity index (χ3n) is 3.28. The van der Waals surface area contributed by atoms with E-state index in [-0.39, 0.29) is 17.0 Å². The van der Waals surface area contributed by atoms with Gasteiger partial charge in [-0.25, -0.2) is 18.2 Å². The average molecular weight is 335 g/mol. The summed E-state index contributed by atoms with van der Waals surface area (Å²) in [4.78, 5) is 4.18. The van der Waals surface area contributed by atoms with Crippen molar-refractivity contribution in [1.29, 1.82) is 0 Å². The minimum atomic E-state index is -0.616. The van der Waals surface area contributed by atoms with Gasteiger partial charge in [-0.05, 0) is 31.2 Å². The standard InChI is InChI=1S/C16H12F3N3S/c1-9(14-12(18)7-4-8-13(14)19)23-16-20-15(21-22-16)10-5-2-3-6-11(10)17/h2-9H,1H3,(H,20,21,22). The minimum absolute atomic E-state index is 0.0326. The first-order chi connectivity index (χ1) is 11.1. The van der Waals surface area contributed by atoms with Gasteiger partial charge in [0.25, 0.3) is 0 Å². The van der Waals surface area contributed by atoms with E-state index in [0.29, 0.717) is 5.16 Å². The highest BCUT2D eigenvalue weighted by atomic mass is 32.2. The van der Waals surface area contributed by atoms with E-state index >= 15 is 0 Å². The smallest absolute Gasteiger partial charge is 0.209 e. The SMILES string of the molecule is CC(Sc1n[nH]c(-c2ccccc2F)n1)c1c(F)cccc1F. The zero-order valence-corrected chi connectivity index (χ0v) is 12.9. The second-order valence-corrected chi connectivity index (χ2v) is 6.15. The topological polar surface area (TPSA) is 41.6 Å². The monoisotopic (exact) mass is 335 g/mol. The Morgan fingerprint density at radius 3 is 2.30 bits per heavy atom. The Kier molecular flexibility index (Phi) is 4.38. The Morgan fingerprint density at radius 1 is 0.957 bits per heavy atom. The van der Waals surface area contributed by atoms with Crippen LogP contribution >= 0.6 is 11.8 Å². The molecule has 23 heavy (non-hydrogen) atoms.